The van der Waals surface area contributed by atoms with Crippen molar-refractivity contribution in [3.8, 4) is 5.69 Å². The third-order valence-corrected chi connectivity index (χ3v) is 5.29. The Morgan fingerprint density at radius 1 is 1.21 bits per heavy atom. The number of fused-ring (bicyclic) bond motifs is 1. The average molecular weight is 379 g/mol. The molecule has 1 amide bonds. The van der Waals surface area contributed by atoms with Crippen LogP contribution in [0.15, 0.2) is 53.3 Å². The Balaban J connectivity index is 1.96. The highest BCUT2D eigenvalue weighted by atomic mass is 19.1. The molecule has 1 aliphatic carbocycles. The van der Waals surface area contributed by atoms with E-state index in [4.69, 9.17) is 0 Å². The van der Waals surface area contributed by atoms with Crippen molar-refractivity contribution in [3.63, 3.8) is 0 Å². The van der Waals surface area contributed by atoms with Crippen LogP contribution < -0.4 is 5.56 Å². The summed E-state index contributed by atoms with van der Waals surface area (Å²) in [5.74, 6) is -0.0228. The van der Waals surface area contributed by atoms with Gasteiger partial charge in [-0.3, -0.25) is 14.2 Å². The quantitative estimate of drug-likeness (QED) is 0.677. The molecule has 0 saturated heterocycles. The number of halogens is 1. The highest BCUT2D eigenvalue weighted by molar-refractivity contribution is 5.82. The molecule has 1 aliphatic rings. The summed E-state index contributed by atoms with van der Waals surface area (Å²) in [6, 6.07) is 12.7. The molecule has 1 aromatic heterocycles. The summed E-state index contributed by atoms with van der Waals surface area (Å²) in [6.07, 6.45) is 1.79. The van der Waals surface area contributed by atoms with Crippen LogP contribution in [0.2, 0.25) is 0 Å². The van der Waals surface area contributed by atoms with Gasteiger partial charge in [0.15, 0.2) is 0 Å². The number of hydrogen-bond donors (Lipinski definition) is 0. The molecule has 28 heavy (non-hydrogen) atoms. The molecule has 0 spiro atoms. The number of para-hydroxylation sites is 2. The maximum Gasteiger partial charge on any atom is 0.266 e. The van der Waals surface area contributed by atoms with Gasteiger partial charge in [0.1, 0.15) is 11.6 Å². The van der Waals surface area contributed by atoms with Gasteiger partial charge in [-0.05, 0) is 51.0 Å². The number of rotatable bonds is 5. The van der Waals surface area contributed by atoms with E-state index in [9.17, 15) is 14.0 Å². The van der Waals surface area contributed by atoms with Crippen LogP contribution in [0.25, 0.3) is 16.6 Å². The van der Waals surface area contributed by atoms with Crippen LogP contribution in [0.3, 0.4) is 0 Å². The second kappa shape index (κ2) is 7.19. The summed E-state index contributed by atoms with van der Waals surface area (Å²) in [6.45, 7) is 4.25. The fourth-order valence-corrected chi connectivity index (χ4v) is 3.62. The maximum atomic E-state index is 14.6. The molecule has 5 nitrogen and oxygen atoms in total. The van der Waals surface area contributed by atoms with E-state index < -0.39 is 11.9 Å². The second-order valence-corrected chi connectivity index (χ2v) is 7.15. The zero-order chi connectivity index (χ0) is 19.8. The van der Waals surface area contributed by atoms with Crippen LogP contribution in [0.5, 0.6) is 0 Å². The van der Waals surface area contributed by atoms with Crippen molar-refractivity contribution >= 4 is 16.8 Å². The molecular formula is C22H22FN3O2. The minimum Gasteiger partial charge on any atom is -0.333 e. The van der Waals surface area contributed by atoms with Crippen molar-refractivity contribution in [1.82, 2.24) is 14.5 Å². The van der Waals surface area contributed by atoms with Crippen molar-refractivity contribution in [2.24, 2.45) is 5.92 Å². The van der Waals surface area contributed by atoms with Crippen molar-refractivity contribution in [1.29, 1.82) is 0 Å². The minimum absolute atomic E-state index is 0.0523. The van der Waals surface area contributed by atoms with Crippen LogP contribution in [-0.2, 0) is 4.79 Å². The molecule has 2 aromatic carbocycles. The van der Waals surface area contributed by atoms with E-state index in [1.807, 2.05) is 19.9 Å². The lowest BCUT2D eigenvalue weighted by atomic mass is 10.1. The summed E-state index contributed by atoms with van der Waals surface area (Å²) in [7, 11) is 0. The third-order valence-electron chi connectivity index (χ3n) is 5.29. The van der Waals surface area contributed by atoms with Gasteiger partial charge in [-0.1, -0.05) is 24.3 Å². The van der Waals surface area contributed by atoms with Gasteiger partial charge in [-0.25, -0.2) is 9.37 Å². The first kappa shape index (κ1) is 18.3. The van der Waals surface area contributed by atoms with E-state index >= 15 is 0 Å². The molecule has 1 heterocycles. The Morgan fingerprint density at radius 3 is 2.57 bits per heavy atom. The molecule has 1 atom stereocenters. The standard InChI is InChI=1S/C22H22FN3O2/c1-3-25(21(27)15-12-13-15)14(2)20-24-18-10-6-4-8-16(18)22(28)26(20)19-11-7-5-9-17(19)23/h4-11,14-15H,3,12-13H2,1-2H3. The van der Waals surface area contributed by atoms with Gasteiger partial charge in [-0.2, -0.15) is 0 Å². The lowest BCUT2D eigenvalue weighted by Crippen LogP contribution is -2.38. The van der Waals surface area contributed by atoms with Crippen molar-refractivity contribution in [3.05, 3.63) is 70.5 Å². The van der Waals surface area contributed by atoms with E-state index in [1.54, 1.807) is 41.3 Å². The predicted molar refractivity (Wildman–Crippen MR) is 106 cm³/mol. The third kappa shape index (κ3) is 3.09. The number of carbonyl (C=O) groups excluding carboxylic acids is 1. The maximum absolute atomic E-state index is 14.6. The second-order valence-electron chi connectivity index (χ2n) is 7.15. The van der Waals surface area contributed by atoms with Gasteiger partial charge in [0.25, 0.3) is 5.56 Å². The van der Waals surface area contributed by atoms with Gasteiger partial charge >= 0.3 is 0 Å². The molecular weight excluding hydrogens is 357 g/mol. The summed E-state index contributed by atoms with van der Waals surface area (Å²) >= 11 is 0. The summed E-state index contributed by atoms with van der Waals surface area (Å²) < 4.78 is 15.9. The molecule has 4 rings (SSSR count). The molecule has 6 heteroatoms. The van der Waals surface area contributed by atoms with Crippen LogP contribution in [-0.4, -0.2) is 26.9 Å². The van der Waals surface area contributed by atoms with Gasteiger partial charge in [0.05, 0.1) is 22.6 Å². The Hall–Kier alpha value is -3.02. The predicted octanol–water partition coefficient (Wildman–Crippen LogP) is 3.84. The molecule has 0 radical (unpaired) electrons. The summed E-state index contributed by atoms with van der Waals surface area (Å²) in [5.41, 5.74) is 0.340. The lowest BCUT2D eigenvalue weighted by molar-refractivity contribution is -0.134. The topological polar surface area (TPSA) is 55.2 Å². The fraction of sp³-hybridized carbons (Fsp3) is 0.318. The monoisotopic (exact) mass is 379 g/mol. The van der Waals surface area contributed by atoms with Gasteiger partial charge < -0.3 is 4.90 Å². The number of carbonyl (C=O) groups is 1. The number of hydrogen-bond acceptors (Lipinski definition) is 3. The van der Waals surface area contributed by atoms with Gasteiger partial charge in [0, 0.05) is 12.5 Å². The normalized spacial score (nSPS) is 14.8. The Labute approximate surface area is 162 Å². The lowest BCUT2D eigenvalue weighted by Gasteiger charge is -2.29. The number of benzene rings is 2. The SMILES string of the molecule is CCN(C(=O)C1CC1)C(C)c1nc2ccccc2c(=O)n1-c1ccccc1F. The zero-order valence-electron chi connectivity index (χ0n) is 15.9. The average Bonchev–Trinajstić information content (AvgIpc) is 3.54. The van der Waals surface area contributed by atoms with E-state index in [0.717, 1.165) is 12.8 Å². The van der Waals surface area contributed by atoms with Crippen LogP contribution >= 0.6 is 0 Å². The highest BCUT2D eigenvalue weighted by Crippen LogP contribution is 2.34. The molecule has 144 valence electrons. The Morgan fingerprint density at radius 2 is 1.89 bits per heavy atom. The van der Waals surface area contributed by atoms with Crippen molar-refractivity contribution < 1.29 is 9.18 Å². The molecule has 1 fully saturated rings. The molecule has 0 aliphatic heterocycles. The van der Waals surface area contributed by atoms with Gasteiger partial charge in [-0.15, -0.1) is 0 Å². The van der Waals surface area contributed by atoms with Crippen molar-refractivity contribution in [2.75, 3.05) is 6.54 Å². The first-order chi connectivity index (χ1) is 13.5. The van der Waals surface area contributed by atoms with Crippen LogP contribution in [0, 0.1) is 11.7 Å². The largest absolute Gasteiger partial charge is 0.333 e. The highest BCUT2D eigenvalue weighted by Gasteiger charge is 2.36. The first-order valence-corrected chi connectivity index (χ1v) is 9.60. The van der Waals surface area contributed by atoms with Crippen LogP contribution in [0.1, 0.15) is 38.6 Å². The zero-order valence-corrected chi connectivity index (χ0v) is 15.9. The molecule has 0 N–H and O–H groups in total. The molecule has 0 bridgehead atoms. The Kier molecular flexibility index (Phi) is 4.71. The van der Waals surface area contributed by atoms with E-state index in [-0.39, 0.29) is 23.1 Å². The fourth-order valence-electron chi connectivity index (χ4n) is 3.62. The molecule has 3 aromatic rings. The first-order valence-electron chi connectivity index (χ1n) is 9.60. The number of aromatic nitrogens is 2. The van der Waals surface area contributed by atoms with Crippen LogP contribution in [0.4, 0.5) is 4.39 Å². The smallest absolute Gasteiger partial charge is 0.266 e. The number of nitrogens with zero attached hydrogens (tertiary/aromatic N) is 3. The van der Waals surface area contributed by atoms with E-state index in [1.165, 1.54) is 10.6 Å². The Bertz CT molecular complexity index is 1100. The summed E-state index contributed by atoms with van der Waals surface area (Å²) in [5, 5.41) is 0.415. The minimum atomic E-state index is -0.508. The van der Waals surface area contributed by atoms with E-state index in [0.29, 0.717) is 23.3 Å². The van der Waals surface area contributed by atoms with Gasteiger partial charge in [0.2, 0.25) is 5.91 Å². The summed E-state index contributed by atoms with van der Waals surface area (Å²) in [4.78, 5) is 32.5. The number of amides is 1. The van der Waals surface area contributed by atoms with Crippen molar-refractivity contribution in [2.45, 2.75) is 32.7 Å². The van der Waals surface area contributed by atoms with E-state index in [2.05, 4.69) is 4.98 Å². The molecule has 1 unspecified atom stereocenters. The molecule has 1 saturated carbocycles.